The van der Waals surface area contributed by atoms with Gasteiger partial charge in [0, 0.05) is 19.3 Å². The Kier molecular flexibility index (Phi) is 48.6. The molecule has 0 amide bonds. The van der Waals surface area contributed by atoms with Crippen LogP contribution in [0, 0.1) is 0 Å². The van der Waals surface area contributed by atoms with E-state index in [1.165, 1.54) is 19.3 Å². The van der Waals surface area contributed by atoms with Gasteiger partial charge in [-0.15, -0.1) is 0 Å². The van der Waals surface area contributed by atoms with Crippen molar-refractivity contribution in [1.29, 1.82) is 0 Å². The molecule has 0 aromatic heterocycles. The fourth-order valence-corrected chi connectivity index (χ4v) is 6.31. The van der Waals surface area contributed by atoms with E-state index in [0.29, 0.717) is 19.3 Å². The molecule has 0 bridgehead atoms. The number of rotatable bonds is 44. The predicted octanol–water partition coefficient (Wildman–Crippen LogP) is 17.1. The quantitative estimate of drug-likeness (QED) is 0.0262. The molecular formula is C59H92O6. The molecule has 364 valence electrons. The number of carbonyl (C=O) groups is 3. The number of hydrogen-bond acceptors (Lipinski definition) is 6. The smallest absolute Gasteiger partial charge is 0.306 e. The molecule has 0 aromatic carbocycles. The van der Waals surface area contributed by atoms with Gasteiger partial charge in [0.05, 0.1) is 0 Å². The van der Waals surface area contributed by atoms with Crippen molar-refractivity contribution in [2.45, 2.75) is 207 Å². The molecule has 65 heavy (non-hydrogen) atoms. The molecule has 6 heteroatoms. The first-order valence-corrected chi connectivity index (χ1v) is 25.7. The number of carbonyl (C=O) groups excluding carboxylic acids is 3. The summed E-state index contributed by atoms with van der Waals surface area (Å²) in [6.45, 7) is 6.26. The van der Waals surface area contributed by atoms with Crippen molar-refractivity contribution in [3.05, 3.63) is 134 Å². The van der Waals surface area contributed by atoms with Crippen molar-refractivity contribution >= 4 is 17.9 Å². The lowest BCUT2D eigenvalue weighted by Gasteiger charge is -2.18. The molecule has 6 nitrogen and oxygen atoms in total. The monoisotopic (exact) mass is 897 g/mol. The zero-order chi connectivity index (χ0) is 47.2. The van der Waals surface area contributed by atoms with Gasteiger partial charge in [0.1, 0.15) is 13.2 Å². The number of hydrogen-bond donors (Lipinski definition) is 0. The highest BCUT2D eigenvalue weighted by molar-refractivity contribution is 5.71. The molecule has 0 rings (SSSR count). The van der Waals surface area contributed by atoms with Crippen molar-refractivity contribution in [1.82, 2.24) is 0 Å². The third-order valence-corrected chi connectivity index (χ3v) is 10.1. The third-order valence-electron chi connectivity index (χ3n) is 10.1. The summed E-state index contributed by atoms with van der Waals surface area (Å²) < 4.78 is 16.7. The van der Waals surface area contributed by atoms with Crippen LogP contribution in [0.4, 0.5) is 0 Å². The summed E-state index contributed by atoms with van der Waals surface area (Å²) in [4.78, 5) is 37.9. The van der Waals surface area contributed by atoms with E-state index in [1.807, 2.05) is 0 Å². The Morgan fingerprint density at radius 2 is 0.615 bits per heavy atom. The van der Waals surface area contributed by atoms with Gasteiger partial charge in [-0.1, -0.05) is 193 Å². The summed E-state index contributed by atoms with van der Waals surface area (Å²) >= 11 is 0. The molecule has 0 N–H and O–H groups in total. The van der Waals surface area contributed by atoms with Crippen LogP contribution in [0.15, 0.2) is 134 Å². The highest BCUT2D eigenvalue weighted by atomic mass is 16.6. The van der Waals surface area contributed by atoms with E-state index in [-0.39, 0.29) is 37.5 Å². The molecule has 0 spiro atoms. The topological polar surface area (TPSA) is 78.9 Å². The molecular weight excluding hydrogens is 805 g/mol. The molecule has 0 unspecified atom stereocenters. The van der Waals surface area contributed by atoms with Gasteiger partial charge >= 0.3 is 17.9 Å². The summed E-state index contributed by atoms with van der Waals surface area (Å²) in [6, 6.07) is 0. The third kappa shape index (κ3) is 50.4. The highest BCUT2D eigenvalue weighted by Crippen LogP contribution is 2.12. The minimum absolute atomic E-state index is 0.121. The number of allylic oxidation sites excluding steroid dienone is 22. The molecule has 0 aliphatic rings. The van der Waals surface area contributed by atoms with Crippen molar-refractivity contribution in [3.63, 3.8) is 0 Å². The van der Waals surface area contributed by atoms with Crippen LogP contribution in [-0.4, -0.2) is 37.2 Å². The molecule has 0 heterocycles. The second-order valence-electron chi connectivity index (χ2n) is 16.3. The predicted molar refractivity (Wildman–Crippen MR) is 279 cm³/mol. The molecule has 0 saturated heterocycles. The SMILES string of the molecule is CC/C=C\C/C=C\C/C=C\C/C=C\C/C=C\CCCCCC(=O)OC[C@H](COC(=O)CCC/C=C\C/C=C\C/C=C\C/C=C\C/C=C\CC)OC(=O)CCCCCCC/C=C\CCCC. The summed E-state index contributed by atoms with van der Waals surface area (Å²) in [5.41, 5.74) is 0. The lowest BCUT2D eigenvalue weighted by atomic mass is 10.1. The van der Waals surface area contributed by atoms with Crippen molar-refractivity contribution < 1.29 is 28.6 Å². The average molecular weight is 897 g/mol. The fourth-order valence-electron chi connectivity index (χ4n) is 6.31. The standard InChI is InChI=1S/C59H92O6/c1-4-7-10-13-16-19-22-24-26-28-29-31-33-35-38-40-43-46-49-52-58(61)64-55-56(65-59(62)53-50-47-44-41-36-21-18-15-12-9-6-3)54-63-57(60)51-48-45-42-39-37-34-32-30-27-25-23-20-17-14-11-8-5-2/h7-8,10-11,15-20,24-27,29,31-32,34-35,38-39,42,56H,4-6,9,12-14,21-23,28,30,33,36-37,40-41,43-55H2,1-3H3/b10-7-,11-8-,18-15-,19-16-,20-17-,26-24-,27-25-,31-29-,34-32-,38-35-,42-39-/t56-/m0/s1. The van der Waals surface area contributed by atoms with Crippen molar-refractivity contribution in [2.75, 3.05) is 13.2 Å². The fraction of sp³-hybridized carbons (Fsp3) is 0.576. The largest absolute Gasteiger partial charge is 0.462 e. The molecule has 0 aliphatic carbocycles. The number of ether oxygens (including phenoxy) is 3. The van der Waals surface area contributed by atoms with E-state index in [4.69, 9.17) is 14.2 Å². The molecule has 0 fully saturated rings. The van der Waals surface area contributed by atoms with Crippen LogP contribution in [0.3, 0.4) is 0 Å². The van der Waals surface area contributed by atoms with E-state index < -0.39 is 6.10 Å². The van der Waals surface area contributed by atoms with E-state index in [1.54, 1.807) is 0 Å². The Hall–Kier alpha value is -4.45. The van der Waals surface area contributed by atoms with Crippen LogP contribution in [0.5, 0.6) is 0 Å². The molecule has 1 atom stereocenters. The lowest BCUT2D eigenvalue weighted by molar-refractivity contribution is -0.167. The summed E-state index contributed by atoms with van der Waals surface area (Å²) in [5, 5.41) is 0. The Morgan fingerprint density at radius 3 is 1.03 bits per heavy atom. The van der Waals surface area contributed by atoms with Crippen molar-refractivity contribution in [2.24, 2.45) is 0 Å². The van der Waals surface area contributed by atoms with Crippen molar-refractivity contribution in [3.8, 4) is 0 Å². The maximum atomic E-state index is 12.8. The van der Waals surface area contributed by atoms with Gasteiger partial charge in [0.15, 0.2) is 6.10 Å². The van der Waals surface area contributed by atoms with E-state index in [0.717, 1.165) is 135 Å². The number of esters is 3. The molecule has 0 aliphatic heterocycles. The molecule has 0 saturated carbocycles. The second kappa shape index (κ2) is 52.2. The Morgan fingerprint density at radius 1 is 0.323 bits per heavy atom. The van der Waals surface area contributed by atoms with Crippen LogP contribution in [0.1, 0.15) is 201 Å². The summed E-state index contributed by atoms with van der Waals surface area (Å²) in [7, 11) is 0. The normalized spacial score (nSPS) is 13.2. The molecule has 0 aromatic rings. The Balaban J connectivity index is 4.53. The van der Waals surface area contributed by atoms with Crippen LogP contribution in [0.25, 0.3) is 0 Å². The summed E-state index contributed by atoms with van der Waals surface area (Å²) in [6.07, 6.45) is 73.0. The maximum Gasteiger partial charge on any atom is 0.306 e. The van der Waals surface area contributed by atoms with Gasteiger partial charge in [-0.25, -0.2) is 0 Å². The lowest BCUT2D eigenvalue weighted by Crippen LogP contribution is -2.30. The van der Waals surface area contributed by atoms with E-state index in [9.17, 15) is 14.4 Å². The molecule has 0 radical (unpaired) electrons. The van der Waals surface area contributed by atoms with Crippen LogP contribution in [0.2, 0.25) is 0 Å². The second-order valence-corrected chi connectivity index (χ2v) is 16.3. The maximum absolute atomic E-state index is 12.8. The first kappa shape index (κ1) is 60.6. The van der Waals surface area contributed by atoms with Crippen LogP contribution < -0.4 is 0 Å². The first-order valence-electron chi connectivity index (χ1n) is 25.7. The van der Waals surface area contributed by atoms with E-state index >= 15 is 0 Å². The van der Waals surface area contributed by atoms with Gasteiger partial charge in [-0.3, -0.25) is 14.4 Å². The van der Waals surface area contributed by atoms with Crippen LogP contribution in [-0.2, 0) is 28.6 Å². The highest BCUT2D eigenvalue weighted by Gasteiger charge is 2.19. The zero-order valence-electron chi connectivity index (χ0n) is 41.4. The van der Waals surface area contributed by atoms with Gasteiger partial charge in [-0.05, 0) is 122 Å². The minimum atomic E-state index is -0.823. The average Bonchev–Trinajstić information content (AvgIpc) is 3.30. The Bertz CT molecular complexity index is 1450. The van der Waals surface area contributed by atoms with Gasteiger partial charge < -0.3 is 14.2 Å². The number of unbranched alkanes of at least 4 members (excludes halogenated alkanes) is 11. The first-order chi connectivity index (χ1) is 32.0. The van der Waals surface area contributed by atoms with E-state index in [2.05, 4.69) is 154 Å². The zero-order valence-corrected chi connectivity index (χ0v) is 41.4. The van der Waals surface area contributed by atoms with Gasteiger partial charge in [-0.2, -0.15) is 0 Å². The van der Waals surface area contributed by atoms with Gasteiger partial charge in [0.2, 0.25) is 0 Å². The minimum Gasteiger partial charge on any atom is -0.462 e. The van der Waals surface area contributed by atoms with Gasteiger partial charge in [0.25, 0.3) is 0 Å². The van der Waals surface area contributed by atoms with Crippen LogP contribution >= 0.6 is 0 Å². The Labute approximate surface area is 398 Å². The summed E-state index contributed by atoms with van der Waals surface area (Å²) in [5.74, 6) is -1.03.